The maximum absolute atomic E-state index is 9.91. The van der Waals surface area contributed by atoms with E-state index < -0.39 is 0 Å². The average Bonchev–Trinajstić information content (AvgIpc) is 1.87. The van der Waals surface area contributed by atoms with E-state index in [0.29, 0.717) is 12.1 Å². The summed E-state index contributed by atoms with van der Waals surface area (Å²) in [5.41, 5.74) is 0.465. The highest BCUT2D eigenvalue weighted by Gasteiger charge is 1.94. The summed E-state index contributed by atoms with van der Waals surface area (Å²) in [6, 6.07) is 0. The third-order valence-corrected chi connectivity index (χ3v) is 0.995. The van der Waals surface area contributed by atoms with Gasteiger partial charge in [-0.25, -0.2) is 0 Å². The van der Waals surface area contributed by atoms with Crippen LogP contribution in [0.25, 0.3) is 0 Å². The number of hydrogen-bond donors (Lipinski definition) is 1. The predicted molar refractivity (Wildman–Crippen MR) is 42.5 cm³/mol. The first-order valence-corrected chi connectivity index (χ1v) is 2.98. The first kappa shape index (κ1) is 8.98. The predicted octanol–water partition coefficient (Wildman–Crippen LogP) is 1.55. The normalized spacial score (nSPS) is 10.3. The molecule has 0 unspecified atom stereocenters. The molecule has 0 aromatic rings. The molecular formula is C7H8ClNO. The number of amides is 1. The average molecular weight is 158 g/mol. The molecule has 0 aromatic heterocycles. The molecule has 0 spiro atoms. The summed E-state index contributed by atoms with van der Waals surface area (Å²) >= 11 is 5.47. The maximum atomic E-state index is 9.91. The Bertz CT molecular complexity index is 184. The smallest absolute Gasteiger partial charge is 0.211 e. The number of carbonyl (C=O) groups excluding carboxylic acids is 1. The number of carbonyl (C=O) groups is 1. The summed E-state index contributed by atoms with van der Waals surface area (Å²) < 4.78 is 0. The van der Waals surface area contributed by atoms with Gasteiger partial charge in [-0.2, -0.15) is 0 Å². The van der Waals surface area contributed by atoms with E-state index in [-0.39, 0.29) is 5.03 Å². The molecule has 0 rings (SSSR count). The molecule has 0 aliphatic rings. The fourth-order valence-electron chi connectivity index (χ4n) is 0.398. The van der Waals surface area contributed by atoms with Crippen molar-refractivity contribution in [3.05, 3.63) is 36.0 Å². The second-order valence-corrected chi connectivity index (χ2v) is 1.94. The lowest BCUT2D eigenvalue weighted by molar-refractivity contribution is -0.108. The van der Waals surface area contributed by atoms with Crippen LogP contribution in [0.15, 0.2) is 36.0 Å². The van der Waals surface area contributed by atoms with Crippen LogP contribution in [0.2, 0.25) is 0 Å². The molecule has 0 saturated heterocycles. The van der Waals surface area contributed by atoms with Crippen LogP contribution in [0.3, 0.4) is 0 Å². The molecule has 0 fully saturated rings. The largest absolute Gasteiger partial charge is 0.327 e. The molecule has 0 atom stereocenters. The topological polar surface area (TPSA) is 29.1 Å². The minimum atomic E-state index is 0.284. The van der Waals surface area contributed by atoms with Gasteiger partial charge in [0.2, 0.25) is 6.41 Å². The third kappa shape index (κ3) is 3.10. The molecule has 54 valence electrons. The van der Waals surface area contributed by atoms with Gasteiger partial charge in [0.25, 0.3) is 0 Å². The maximum Gasteiger partial charge on any atom is 0.211 e. The molecule has 0 saturated carbocycles. The van der Waals surface area contributed by atoms with Crippen LogP contribution in [-0.4, -0.2) is 6.41 Å². The highest BCUT2D eigenvalue weighted by molar-refractivity contribution is 6.31. The first-order valence-electron chi connectivity index (χ1n) is 2.60. The molecular weight excluding hydrogens is 150 g/mol. The molecule has 1 amide bonds. The lowest BCUT2D eigenvalue weighted by Gasteiger charge is -1.99. The standard InChI is InChI=1S/C7H8ClNO/c1-3-4-7(6(2)8)9-5-10/h3-5H,1-2H2,(H,9,10)/b7-4+. The SMILES string of the molecule is C=C/C=C(/NC=O)C(=C)Cl. The number of rotatable bonds is 4. The number of allylic oxidation sites excluding steroid dienone is 3. The summed E-state index contributed by atoms with van der Waals surface area (Å²) in [7, 11) is 0. The van der Waals surface area contributed by atoms with Crippen LogP contribution >= 0.6 is 11.6 Å². The van der Waals surface area contributed by atoms with Gasteiger partial charge in [-0.05, 0) is 6.08 Å². The van der Waals surface area contributed by atoms with Crippen molar-refractivity contribution in [2.75, 3.05) is 0 Å². The van der Waals surface area contributed by atoms with Crippen LogP contribution in [0.1, 0.15) is 0 Å². The molecule has 0 radical (unpaired) electrons. The highest BCUT2D eigenvalue weighted by Crippen LogP contribution is 2.07. The monoisotopic (exact) mass is 157 g/mol. The third-order valence-electron chi connectivity index (χ3n) is 0.791. The van der Waals surface area contributed by atoms with Gasteiger partial charge in [0.1, 0.15) is 0 Å². The van der Waals surface area contributed by atoms with Gasteiger partial charge in [-0.15, -0.1) is 0 Å². The lowest BCUT2D eigenvalue weighted by atomic mass is 10.4. The number of nitrogens with one attached hydrogen (secondary N) is 1. The van der Waals surface area contributed by atoms with Gasteiger partial charge >= 0.3 is 0 Å². The summed E-state index contributed by atoms with van der Waals surface area (Å²) in [5.74, 6) is 0. The molecule has 0 aliphatic carbocycles. The second kappa shape index (κ2) is 4.82. The second-order valence-electron chi connectivity index (χ2n) is 1.48. The first-order chi connectivity index (χ1) is 4.72. The van der Waals surface area contributed by atoms with Crippen molar-refractivity contribution in [1.82, 2.24) is 5.32 Å². The van der Waals surface area contributed by atoms with Crippen molar-refractivity contribution in [3.63, 3.8) is 0 Å². The van der Waals surface area contributed by atoms with Crippen molar-refractivity contribution in [3.8, 4) is 0 Å². The van der Waals surface area contributed by atoms with Crippen molar-refractivity contribution >= 4 is 18.0 Å². The van der Waals surface area contributed by atoms with Crippen molar-refractivity contribution < 1.29 is 4.79 Å². The summed E-state index contributed by atoms with van der Waals surface area (Å²) in [4.78, 5) is 9.91. The summed E-state index contributed by atoms with van der Waals surface area (Å²) in [6.07, 6.45) is 3.60. The van der Waals surface area contributed by atoms with Gasteiger partial charge in [0.15, 0.2) is 0 Å². The van der Waals surface area contributed by atoms with Gasteiger partial charge < -0.3 is 5.32 Å². The fraction of sp³-hybridized carbons (Fsp3) is 0. The molecule has 0 heterocycles. The Labute approximate surface area is 64.9 Å². The minimum absolute atomic E-state index is 0.284. The van der Waals surface area contributed by atoms with Crippen LogP contribution in [0.5, 0.6) is 0 Å². The van der Waals surface area contributed by atoms with E-state index in [1.165, 1.54) is 6.08 Å². The van der Waals surface area contributed by atoms with Crippen LogP contribution in [0, 0.1) is 0 Å². The van der Waals surface area contributed by atoms with Gasteiger partial charge in [0, 0.05) is 0 Å². The van der Waals surface area contributed by atoms with E-state index in [4.69, 9.17) is 11.6 Å². The van der Waals surface area contributed by atoms with Crippen LogP contribution in [-0.2, 0) is 4.79 Å². The zero-order valence-corrected chi connectivity index (χ0v) is 6.19. The Morgan fingerprint density at radius 3 is 2.50 bits per heavy atom. The Kier molecular flexibility index (Phi) is 4.33. The van der Waals surface area contributed by atoms with Crippen LogP contribution < -0.4 is 5.32 Å². The zero-order valence-electron chi connectivity index (χ0n) is 5.43. The Morgan fingerprint density at radius 2 is 2.20 bits per heavy atom. The van der Waals surface area contributed by atoms with E-state index >= 15 is 0 Å². The summed E-state index contributed by atoms with van der Waals surface area (Å²) in [6.45, 7) is 6.85. The number of halogens is 1. The van der Waals surface area contributed by atoms with E-state index in [9.17, 15) is 4.79 Å². The Morgan fingerprint density at radius 1 is 1.60 bits per heavy atom. The molecule has 0 aliphatic heterocycles. The Hall–Kier alpha value is -1.02. The lowest BCUT2D eigenvalue weighted by Crippen LogP contribution is -2.09. The van der Waals surface area contributed by atoms with Gasteiger partial charge in [-0.3, -0.25) is 4.79 Å². The van der Waals surface area contributed by atoms with Crippen molar-refractivity contribution in [2.24, 2.45) is 0 Å². The highest BCUT2D eigenvalue weighted by atomic mass is 35.5. The Balaban J connectivity index is 4.24. The summed E-state index contributed by atoms with van der Waals surface area (Å²) in [5, 5.41) is 2.65. The van der Waals surface area contributed by atoms with Crippen LogP contribution in [0.4, 0.5) is 0 Å². The molecule has 3 heteroatoms. The van der Waals surface area contributed by atoms with E-state index in [2.05, 4.69) is 18.5 Å². The molecule has 2 nitrogen and oxygen atoms in total. The quantitative estimate of drug-likeness (QED) is 0.487. The zero-order chi connectivity index (χ0) is 7.98. The fourth-order valence-corrected chi connectivity index (χ4v) is 0.516. The van der Waals surface area contributed by atoms with E-state index in [1.54, 1.807) is 6.08 Å². The molecule has 10 heavy (non-hydrogen) atoms. The minimum Gasteiger partial charge on any atom is -0.327 e. The molecule has 1 N–H and O–H groups in total. The van der Waals surface area contributed by atoms with E-state index in [1.807, 2.05) is 0 Å². The van der Waals surface area contributed by atoms with Crippen molar-refractivity contribution in [1.29, 1.82) is 0 Å². The van der Waals surface area contributed by atoms with E-state index in [0.717, 1.165) is 0 Å². The molecule has 0 bridgehead atoms. The van der Waals surface area contributed by atoms with Crippen molar-refractivity contribution in [2.45, 2.75) is 0 Å². The van der Waals surface area contributed by atoms with Gasteiger partial charge in [-0.1, -0.05) is 30.8 Å². The van der Waals surface area contributed by atoms with Gasteiger partial charge in [0.05, 0.1) is 10.7 Å². The number of hydrogen-bond acceptors (Lipinski definition) is 1. The molecule has 0 aromatic carbocycles.